The zero-order chi connectivity index (χ0) is 16.8. The minimum atomic E-state index is -0.676. The number of methoxy groups -OCH3 is 1. The summed E-state index contributed by atoms with van der Waals surface area (Å²) in [6, 6.07) is 8.74. The van der Waals surface area contributed by atoms with Crippen molar-refractivity contribution in [2.24, 2.45) is 0 Å². The second kappa shape index (κ2) is 7.44. The van der Waals surface area contributed by atoms with Crippen LogP contribution in [0.25, 0.3) is 0 Å². The molecule has 1 heterocycles. The minimum Gasteiger partial charge on any atom is -0.468 e. The van der Waals surface area contributed by atoms with Gasteiger partial charge in [0.25, 0.3) is 5.91 Å². The highest BCUT2D eigenvalue weighted by Gasteiger charge is 2.39. The quantitative estimate of drug-likeness (QED) is 0.652. The highest BCUT2D eigenvalue weighted by atomic mass is 16.6. The van der Waals surface area contributed by atoms with Crippen LogP contribution in [-0.4, -0.2) is 43.1 Å². The van der Waals surface area contributed by atoms with Crippen molar-refractivity contribution in [2.45, 2.75) is 13.0 Å². The number of carbonyl (C=O) groups is 3. The molecule has 1 atom stereocenters. The number of amides is 2. The number of cyclic esters (lactones) is 1. The summed E-state index contributed by atoms with van der Waals surface area (Å²) in [6.07, 6.45) is 0.706. The van der Waals surface area contributed by atoms with Gasteiger partial charge in [-0.3, -0.25) is 9.59 Å². The Morgan fingerprint density at radius 1 is 1.39 bits per heavy atom. The smallest absolute Gasteiger partial charge is 0.417 e. The van der Waals surface area contributed by atoms with Gasteiger partial charge >= 0.3 is 12.1 Å². The van der Waals surface area contributed by atoms with Gasteiger partial charge in [0.05, 0.1) is 7.11 Å². The average molecular weight is 318 g/mol. The van der Waals surface area contributed by atoms with Gasteiger partial charge in [-0.1, -0.05) is 30.3 Å². The van der Waals surface area contributed by atoms with Crippen molar-refractivity contribution in [3.8, 4) is 0 Å². The van der Waals surface area contributed by atoms with E-state index in [1.165, 1.54) is 13.3 Å². The lowest BCUT2D eigenvalue weighted by atomic mass is 10.1. The molecule has 1 aliphatic heterocycles. The van der Waals surface area contributed by atoms with Crippen LogP contribution in [0.3, 0.4) is 0 Å². The van der Waals surface area contributed by atoms with E-state index >= 15 is 0 Å². The molecule has 7 heteroatoms. The van der Waals surface area contributed by atoms with E-state index < -0.39 is 24.0 Å². The van der Waals surface area contributed by atoms with E-state index in [9.17, 15) is 14.4 Å². The van der Waals surface area contributed by atoms with Crippen LogP contribution in [0.2, 0.25) is 0 Å². The van der Waals surface area contributed by atoms with Crippen molar-refractivity contribution in [2.75, 3.05) is 20.3 Å². The third kappa shape index (κ3) is 3.88. The monoisotopic (exact) mass is 318 g/mol. The maximum absolute atomic E-state index is 12.5. The van der Waals surface area contributed by atoms with Crippen LogP contribution in [0.5, 0.6) is 0 Å². The van der Waals surface area contributed by atoms with Crippen LogP contribution in [-0.2, 0) is 19.1 Å². The number of benzene rings is 1. The topological polar surface area (TPSA) is 84.9 Å². The van der Waals surface area contributed by atoms with Gasteiger partial charge in [-0.05, 0) is 12.5 Å². The first-order valence-corrected chi connectivity index (χ1v) is 7.07. The minimum absolute atomic E-state index is 0.0618. The summed E-state index contributed by atoms with van der Waals surface area (Å²) in [5, 5.41) is 2.67. The van der Waals surface area contributed by atoms with E-state index in [1.807, 2.05) is 30.3 Å². The highest BCUT2D eigenvalue weighted by molar-refractivity contribution is 6.03. The first-order chi connectivity index (χ1) is 11.0. The van der Waals surface area contributed by atoms with Crippen LogP contribution >= 0.6 is 0 Å². The summed E-state index contributed by atoms with van der Waals surface area (Å²) < 4.78 is 9.49. The number of hydrogen-bond donors (Lipinski definition) is 1. The summed E-state index contributed by atoms with van der Waals surface area (Å²) in [7, 11) is 1.27. The van der Waals surface area contributed by atoms with Crippen molar-refractivity contribution in [1.29, 1.82) is 0 Å². The number of nitrogens with one attached hydrogen (secondary N) is 1. The molecular formula is C16H18N2O5. The molecule has 0 aliphatic carbocycles. The number of carbonyl (C=O) groups excluding carboxylic acids is 3. The second-order valence-corrected chi connectivity index (χ2v) is 4.96. The summed E-state index contributed by atoms with van der Waals surface area (Å²) in [4.78, 5) is 36.5. The molecule has 122 valence electrons. The van der Waals surface area contributed by atoms with Gasteiger partial charge in [-0.2, -0.15) is 0 Å². The SMILES string of the molecule is COC(=O)CN/C=C(\C)C(=O)N1C(=O)OC[C@@H]1c1ccccc1. The molecule has 2 rings (SSSR count). The third-order valence-electron chi connectivity index (χ3n) is 3.41. The Labute approximate surface area is 133 Å². The average Bonchev–Trinajstić information content (AvgIpc) is 2.96. The summed E-state index contributed by atoms with van der Waals surface area (Å²) in [5.74, 6) is -0.928. The molecule has 0 radical (unpaired) electrons. The number of rotatable bonds is 5. The van der Waals surface area contributed by atoms with Crippen molar-refractivity contribution >= 4 is 18.0 Å². The van der Waals surface area contributed by atoms with Crippen LogP contribution in [0.15, 0.2) is 42.1 Å². The van der Waals surface area contributed by atoms with Crippen LogP contribution in [0, 0.1) is 0 Å². The highest BCUT2D eigenvalue weighted by Crippen LogP contribution is 2.28. The molecule has 0 aromatic heterocycles. The Morgan fingerprint density at radius 2 is 2.09 bits per heavy atom. The van der Waals surface area contributed by atoms with Crippen molar-refractivity contribution < 1.29 is 23.9 Å². The van der Waals surface area contributed by atoms with Gasteiger partial charge in [-0.25, -0.2) is 9.69 Å². The summed E-state index contributed by atoms with van der Waals surface area (Å²) in [6.45, 7) is 1.62. The maximum Gasteiger partial charge on any atom is 0.417 e. The molecule has 0 bridgehead atoms. The van der Waals surface area contributed by atoms with Crippen LogP contribution < -0.4 is 5.32 Å². The molecular weight excluding hydrogens is 300 g/mol. The standard InChI is InChI=1S/C16H18N2O5/c1-11(8-17-9-14(19)22-2)15(20)18-13(10-23-16(18)21)12-6-4-3-5-7-12/h3-8,13,17H,9-10H2,1-2H3/b11-8+/t13-/m1/s1. The maximum atomic E-state index is 12.5. The molecule has 0 unspecified atom stereocenters. The number of ether oxygens (including phenoxy) is 2. The van der Waals surface area contributed by atoms with Crippen molar-refractivity contribution in [3.63, 3.8) is 0 Å². The Kier molecular flexibility index (Phi) is 5.35. The lowest BCUT2D eigenvalue weighted by Crippen LogP contribution is -2.35. The van der Waals surface area contributed by atoms with Gasteiger partial charge in [0, 0.05) is 11.8 Å². The molecule has 23 heavy (non-hydrogen) atoms. The predicted molar refractivity (Wildman–Crippen MR) is 81.2 cm³/mol. The predicted octanol–water partition coefficient (Wildman–Crippen LogP) is 1.37. The van der Waals surface area contributed by atoms with E-state index in [1.54, 1.807) is 6.92 Å². The molecule has 1 aromatic carbocycles. The fourth-order valence-corrected chi connectivity index (χ4v) is 2.18. The fourth-order valence-electron chi connectivity index (χ4n) is 2.18. The second-order valence-electron chi connectivity index (χ2n) is 4.96. The van der Waals surface area contributed by atoms with Crippen LogP contribution in [0.1, 0.15) is 18.5 Å². The van der Waals surface area contributed by atoms with E-state index in [4.69, 9.17) is 4.74 Å². The molecule has 1 fully saturated rings. The lowest BCUT2D eigenvalue weighted by Gasteiger charge is -2.20. The van der Waals surface area contributed by atoms with Crippen molar-refractivity contribution in [3.05, 3.63) is 47.7 Å². The lowest BCUT2D eigenvalue weighted by molar-refractivity contribution is -0.139. The molecule has 2 amide bonds. The Hall–Kier alpha value is -2.83. The van der Waals surface area contributed by atoms with Gasteiger partial charge in [-0.15, -0.1) is 0 Å². The first kappa shape index (κ1) is 16.5. The summed E-state index contributed by atoms with van der Waals surface area (Å²) >= 11 is 0. The normalized spacial score (nSPS) is 17.7. The van der Waals surface area contributed by atoms with E-state index in [2.05, 4.69) is 10.1 Å². The Morgan fingerprint density at radius 3 is 2.74 bits per heavy atom. The molecule has 1 aliphatic rings. The Bertz CT molecular complexity index is 627. The fraction of sp³-hybridized carbons (Fsp3) is 0.312. The zero-order valence-electron chi connectivity index (χ0n) is 12.9. The first-order valence-electron chi connectivity index (χ1n) is 7.07. The van der Waals surface area contributed by atoms with E-state index in [-0.39, 0.29) is 18.7 Å². The molecule has 7 nitrogen and oxygen atoms in total. The van der Waals surface area contributed by atoms with Gasteiger partial charge in [0.1, 0.15) is 19.2 Å². The van der Waals surface area contributed by atoms with Crippen LogP contribution in [0.4, 0.5) is 4.79 Å². The van der Waals surface area contributed by atoms with Gasteiger partial charge < -0.3 is 14.8 Å². The zero-order valence-corrected chi connectivity index (χ0v) is 12.9. The number of hydrogen-bond acceptors (Lipinski definition) is 6. The van der Waals surface area contributed by atoms with Gasteiger partial charge in [0.2, 0.25) is 0 Å². The largest absolute Gasteiger partial charge is 0.468 e. The molecule has 1 aromatic rings. The van der Waals surface area contributed by atoms with E-state index in [0.717, 1.165) is 10.5 Å². The molecule has 0 saturated carbocycles. The van der Waals surface area contributed by atoms with E-state index in [0.29, 0.717) is 0 Å². The van der Waals surface area contributed by atoms with Crippen molar-refractivity contribution in [1.82, 2.24) is 10.2 Å². The number of nitrogens with zero attached hydrogens (tertiary/aromatic N) is 1. The summed E-state index contributed by atoms with van der Waals surface area (Å²) in [5.41, 5.74) is 1.11. The molecule has 0 spiro atoms. The third-order valence-corrected chi connectivity index (χ3v) is 3.41. The number of imide groups is 1. The molecule has 1 saturated heterocycles. The van der Waals surface area contributed by atoms with Gasteiger partial charge in [0.15, 0.2) is 0 Å². The Balaban J connectivity index is 2.10. The number of esters is 1. The molecule has 1 N–H and O–H groups in total.